The van der Waals surface area contributed by atoms with Gasteiger partial charge in [-0.3, -0.25) is 4.79 Å². The molecule has 4 nitrogen and oxygen atoms in total. The lowest BCUT2D eigenvalue weighted by molar-refractivity contribution is -0.140. The Balaban J connectivity index is 1.89. The Morgan fingerprint density at radius 3 is 2.76 bits per heavy atom. The third-order valence-electron chi connectivity index (χ3n) is 2.48. The molecule has 0 spiro atoms. The van der Waals surface area contributed by atoms with Crippen molar-refractivity contribution in [3.8, 4) is 0 Å². The Morgan fingerprint density at radius 1 is 1.35 bits per heavy atom. The first kappa shape index (κ1) is 11.4. The van der Waals surface area contributed by atoms with E-state index < -0.39 is 6.04 Å². The van der Waals surface area contributed by atoms with Crippen molar-refractivity contribution < 1.29 is 14.3 Å². The summed E-state index contributed by atoms with van der Waals surface area (Å²) in [5.41, 5.74) is 0.941. The first-order valence-electron chi connectivity index (χ1n) is 5.46. The lowest BCUT2D eigenvalue weighted by Gasteiger charge is -2.05. The highest BCUT2D eigenvalue weighted by Gasteiger charge is 2.27. The van der Waals surface area contributed by atoms with Gasteiger partial charge in [0.2, 0.25) is 5.91 Å². The molecule has 1 aromatic carbocycles. The Bertz CT molecular complexity index is 439. The molecule has 1 aliphatic heterocycles. The van der Waals surface area contributed by atoms with Crippen molar-refractivity contribution >= 4 is 18.0 Å². The summed E-state index contributed by atoms with van der Waals surface area (Å²) in [6.45, 7) is 0.381. The molecule has 1 saturated heterocycles. The molecule has 1 aliphatic rings. The smallest absolute Gasteiger partial charge is 0.328 e. The van der Waals surface area contributed by atoms with E-state index in [-0.39, 0.29) is 11.9 Å². The number of carbonyl (C=O) groups excluding carboxylic acids is 2. The summed E-state index contributed by atoms with van der Waals surface area (Å²) in [5, 5.41) is 2.60. The number of esters is 1. The van der Waals surface area contributed by atoms with Crippen LogP contribution in [-0.4, -0.2) is 24.5 Å². The first-order valence-corrected chi connectivity index (χ1v) is 5.46. The van der Waals surface area contributed by atoms with Gasteiger partial charge in [-0.25, -0.2) is 4.79 Å². The molecule has 0 aliphatic carbocycles. The van der Waals surface area contributed by atoms with Crippen molar-refractivity contribution in [2.75, 3.05) is 6.61 Å². The summed E-state index contributed by atoms with van der Waals surface area (Å²) in [6.07, 6.45) is 3.67. The molecule has 1 fully saturated rings. The second-order valence-electron chi connectivity index (χ2n) is 3.76. The summed E-state index contributed by atoms with van der Waals surface area (Å²) < 4.78 is 4.75. The average molecular weight is 231 g/mol. The van der Waals surface area contributed by atoms with Crippen LogP contribution < -0.4 is 5.32 Å². The molecule has 1 heterocycles. The maximum Gasteiger partial charge on any atom is 0.328 e. The highest BCUT2D eigenvalue weighted by Crippen LogP contribution is 2.06. The van der Waals surface area contributed by atoms with Crippen LogP contribution in [0.3, 0.4) is 0 Å². The van der Waals surface area contributed by atoms with Gasteiger partial charge in [0, 0.05) is 12.5 Å². The van der Waals surface area contributed by atoms with Crippen molar-refractivity contribution in [3.63, 3.8) is 0 Å². The van der Waals surface area contributed by atoms with Gasteiger partial charge >= 0.3 is 5.97 Å². The minimum absolute atomic E-state index is 0.280. The van der Waals surface area contributed by atoms with E-state index >= 15 is 0 Å². The number of hydrogen-bond acceptors (Lipinski definition) is 3. The summed E-state index contributed by atoms with van der Waals surface area (Å²) in [5.74, 6) is -0.635. The molecule has 2 rings (SSSR count). The number of cyclic esters (lactones) is 1. The SMILES string of the molecule is O=C(/C=C/c1ccccc1)N[C@H]1CCOC1=O. The molecule has 1 aromatic rings. The van der Waals surface area contributed by atoms with Gasteiger partial charge < -0.3 is 10.1 Å². The van der Waals surface area contributed by atoms with Crippen LogP contribution in [0.25, 0.3) is 6.08 Å². The van der Waals surface area contributed by atoms with Crippen LogP contribution in [0, 0.1) is 0 Å². The van der Waals surface area contributed by atoms with Gasteiger partial charge in [-0.1, -0.05) is 30.3 Å². The number of ether oxygens (including phenoxy) is 1. The zero-order valence-electron chi connectivity index (χ0n) is 9.26. The molecule has 1 N–H and O–H groups in total. The number of rotatable bonds is 3. The molecule has 1 atom stereocenters. The molecule has 0 bridgehead atoms. The molecule has 1 amide bonds. The number of hydrogen-bond donors (Lipinski definition) is 1. The molecule has 0 saturated carbocycles. The van der Waals surface area contributed by atoms with Crippen molar-refractivity contribution in [3.05, 3.63) is 42.0 Å². The Kier molecular flexibility index (Phi) is 3.55. The standard InChI is InChI=1S/C13H13NO3/c15-12(14-11-8-9-17-13(11)16)7-6-10-4-2-1-3-5-10/h1-7,11H,8-9H2,(H,14,15)/b7-6+/t11-/m0/s1. The third-order valence-corrected chi connectivity index (χ3v) is 2.48. The van der Waals surface area contributed by atoms with Crippen molar-refractivity contribution in [1.29, 1.82) is 0 Å². The fourth-order valence-electron chi connectivity index (χ4n) is 1.58. The molecule has 4 heteroatoms. The van der Waals surface area contributed by atoms with E-state index in [1.54, 1.807) is 6.08 Å². The van der Waals surface area contributed by atoms with Crippen LogP contribution >= 0.6 is 0 Å². The number of nitrogens with one attached hydrogen (secondary N) is 1. The van der Waals surface area contributed by atoms with Gasteiger partial charge in [0.25, 0.3) is 0 Å². The predicted molar refractivity (Wildman–Crippen MR) is 63.0 cm³/mol. The molecular formula is C13H13NO3. The number of carbonyl (C=O) groups is 2. The molecule has 0 radical (unpaired) electrons. The van der Waals surface area contributed by atoms with Crippen LogP contribution in [0.1, 0.15) is 12.0 Å². The van der Waals surface area contributed by atoms with E-state index in [1.165, 1.54) is 6.08 Å². The zero-order chi connectivity index (χ0) is 12.1. The quantitative estimate of drug-likeness (QED) is 0.626. The summed E-state index contributed by atoms with van der Waals surface area (Å²) in [6, 6.07) is 8.99. The van der Waals surface area contributed by atoms with Gasteiger partial charge in [0.05, 0.1) is 6.61 Å². The third kappa shape index (κ3) is 3.17. The summed E-state index contributed by atoms with van der Waals surface area (Å²) in [4.78, 5) is 22.6. The molecule has 88 valence electrons. The number of amides is 1. The molecule has 17 heavy (non-hydrogen) atoms. The topological polar surface area (TPSA) is 55.4 Å². The highest BCUT2D eigenvalue weighted by atomic mass is 16.5. The Morgan fingerprint density at radius 2 is 2.12 bits per heavy atom. The highest BCUT2D eigenvalue weighted by molar-refractivity contribution is 5.94. The van der Waals surface area contributed by atoms with Gasteiger partial charge in [-0.15, -0.1) is 0 Å². The normalized spacial score (nSPS) is 19.3. The lowest BCUT2D eigenvalue weighted by atomic mass is 10.2. The van der Waals surface area contributed by atoms with Crippen LogP contribution in [0.2, 0.25) is 0 Å². The zero-order valence-corrected chi connectivity index (χ0v) is 9.26. The van der Waals surface area contributed by atoms with Crippen LogP contribution in [0.4, 0.5) is 0 Å². The first-order chi connectivity index (χ1) is 8.25. The minimum atomic E-state index is -0.497. The van der Waals surface area contributed by atoms with Gasteiger partial charge in [-0.2, -0.15) is 0 Å². The fourth-order valence-corrected chi connectivity index (χ4v) is 1.58. The maximum atomic E-state index is 11.5. The molecule has 0 aromatic heterocycles. The van der Waals surface area contributed by atoms with Crippen LogP contribution in [0.5, 0.6) is 0 Å². The monoisotopic (exact) mass is 231 g/mol. The maximum absolute atomic E-state index is 11.5. The largest absolute Gasteiger partial charge is 0.464 e. The minimum Gasteiger partial charge on any atom is -0.464 e. The van der Waals surface area contributed by atoms with Crippen molar-refractivity contribution in [1.82, 2.24) is 5.32 Å². The summed E-state index contributed by atoms with van der Waals surface area (Å²) >= 11 is 0. The predicted octanol–water partition coefficient (Wildman–Crippen LogP) is 1.13. The average Bonchev–Trinajstić information content (AvgIpc) is 2.74. The van der Waals surface area contributed by atoms with E-state index in [9.17, 15) is 9.59 Å². The van der Waals surface area contributed by atoms with E-state index in [4.69, 9.17) is 4.74 Å². The fraction of sp³-hybridized carbons (Fsp3) is 0.231. The molecule has 0 unspecified atom stereocenters. The summed E-state index contributed by atoms with van der Waals surface area (Å²) in [7, 11) is 0. The Hall–Kier alpha value is -2.10. The van der Waals surface area contributed by atoms with E-state index in [0.717, 1.165) is 5.56 Å². The van der Waals surface area contributed by atoms with E-state index in [2.05, 4.69) is 5.32 Å². The van der Waals surface area contributed by atoms with Gasteiger partial charge in [0.1, 0.15) is 6.04 Å². The molecular weight excluding hydrogens is 218 g/mol. The van der Waals surface area contributed by atoms with E-state index in [1.807, 2.05) is 30.3 Å². The number of benzene rings is 1. The second-order valence-corrected chi connectivity index (χ2v) is 3.76. The lowest BCUT2D eigenvalue weighted by Crippen LogP contribution is -2.36. The van der Waals surface area contributed by atoms with Crippen LogP contribution in [0.15, 0.2) is 36.4 Å². The van der Waals surface area contributed by atoms with Crippen LogP contribution in [-0.2, 0) is 14.3 Å². The van der Waals surface area contributed by atoms with E-state index in [0.29, 0.717) is 13.0 Å². The van der Waals surface area contributed by atoms with Gasteiger partial charge in [0.15, 0.2) is 0 Å². The van der Waals surface area contributed by atoms with Gasteiger partial charge in [-0.05, 0) is 11.6 Å². The second kappa shape index (κ2) is 5.30. The van der Waals surface area contributed by atoms with Crippen molar-refractivity contribution in [2.24, 2.45) is 0 Å². The van der Waals surface area contributed by atoms with Crippen molar-refractivity contribution in [2.45, 2.75) is 12.5 Å². The Labute approximate surface area is 99.3 Å².